The third-order valence-electron chi connectivity index (χ3n) is 2.94. The number of alkyl halides is 1. The molecular weight excluding hydrogens is 290 g/mol. The van der Waals surface area contributed by atoms with Crippen molar-refractivity contribution in [1.29, 1.82) is 0 Å². The van der Waals surface area contributed by atoms with Crippen molar-refractivity contribution in [2.24, 2.45) is 5.92 Å². The molecule has 100 valence electrons. The molecule has 1 atom stereocenters. The molecule has 0 fully saturated rings. The fourth-order valence-corrected chi connectivity index (χ4v) is 2.03. The molecule has 1 aromatic carbocycles. The van der Waals surface area contributed by atoms with E-state index >= 15 is 0 Å². The summed E-state index contributed by atoms with van der Waals surface area (Å²) in [6, 6.07) is 8.12. The van der Waals surface area contributed by atoms with E-state index in [1.165, 1.54) is 5.56 Å². The van der Waals surface area contributed by atoms with Crippen LogP contribution in [-0.4, -0.2) is 17.8 Å². The molecule has 2 nitrogen and oxygen atoms in total. The monoisotopic (exact) mass is 311 g/mol. The molecule has 1 unspecified atom stereocenters. The lowest BCUT2D eigenvalue weighted by atomic mass is 10.1. The molecule has 0 aliphatic rings. The summed E-state index contributed by atoms with van der Waals surface area (Å²) in [4.78, 5) is 11.7. The first-order valence-electron chi connectivity index (χ1n) is 6.50. The van der Waals surface area contributed by atoms with Gasteiger partial charge in [-0.05, 0) is 31.2 Å². The van der Waals surface area contributed by atoms with Crippen molar-refractivity contribution in [2.45, 2.75) is 33.1 Å². The second kappa shape index (κ2) is 8.30. The Morgan fingerprint density at radius 3 is 2.61 bits per heavy atom. The predicted molar refractivity (Wildman–Crippen MR) is 80.1 cm³/mol. The molecular formula is C15H22BrNO. The Labute approximate surface area is 118 Å². The molecule has 1 rings (SSSR count). The van der Waals surface area contributed by atoms with E-state index in [1.807, 2.05) is 24.3 Å². The van der Waals surface area contributed by atoms with Gasteiger partial charge in [0.25, 0.3) is 0 Å². The molecule has 0 saturated heterocycles. The van der Waals surface area contributed by atoms with E-state index in [0.717, 1.165) is 30.3 Å². The fourth-order valence-electron chi connectivity index (χ4n) is 1.71. The Morgan fingerprint density at radius 2 is 2.00 bits per heavy atom. The lowest BCUT2D eigenvalue weighted by Crippen LogP contribution is -2.26. The molecule has 0 spiro atoms. The van der Waals surface area contributed by atoms with E-state index in [-0.39, 0.29) is 5.91 Å². The summed E-state index contributed by atoms with van der Waals surface area (Å²) in [5.74, 6) is 0.796. The highest BCUT2D eigenvalue weighted by atomic mass is 79.9. The Hall–Kier alpha value is -0.830. The number of rotatable bonds is 7. The molecule has 1 N–H and O–H groups in total. The minimum absolute atomic E-state index is 0.116. The van der Waals surface area contributed by atoms with E-state index in [4.69, 9.17) is 0 Å². The van der Waals surface area contributed by atoms with Crippen LogP contribution in [0.1, 0.15) is 30.9 Å². The van der Waals surface area contributed by atoms with E-state index < -0.39 is 0 Å². The highest BCUT2D eigenvalue weighted by molar-refractivity contribution is 9.09. The topological polar surface area (TPSA) is 29.1 Å². The van der Waals surface area contributed by atoms with Gasteiger partial charge in [0.15, 0.2) is 0 Å². The largest absolute Gasteiger partial charge is 0.356 e. The van der Waals surface area contributed by atoms with E-state index in [9.17, 15) is 4.79 Å². The molecule has 0 aliphatic heterocycles. The van der Waals surface area contributed by atoms with Crippen LogP contribution in [0.5, 0.6) is 0 Å². The van der Waals surface area contributed by atoms with Crippen molar-refractivity contribution in [3.63, 3.8) is 0 Å². The van der Waals surface area contributed by atoms with Crippen molar-refractivity contribution >= 4 is 21.8 Å². The van der Waals surface area contributed by atoms with Gasteiger partial charge in [-0.2, -0.15) is 0 Å². The first-order valence-corrected chi connectivity index (χ1v) is 7.62. The molecule has 18 heavy (non-hydrogen) atoms. The lowest BCUT2D eigenvalue weighted by Gasteiger charge is -2.08. The zero-order valence-corrected chi connectivity index (χ0v) is 12.8. The lowest BCUT2D eigenvalue weighted by molar-refractivity contribution is -0.120. The summed E-state index contributed by atoms with van der Waals surface area (Å²) in [6.45, 7) is 5.04. The van der Waals surface area contributed by atoms with Crippen LogP contribution in [-0.2, 0) is 11.2 Å². The average molecular weight is 312 g/mol. The summed E-state index contributed by atoms with van der Waals surface area (Å²) in [5, 5.41) is 4.00. The van der Waals surface area contributed by atoms with Crippen LogP contribution in [0.25, 0.3) is 0 Å². The van der Waals surface area contributed by atoms with Gasteiger partial charge < -0.3 is 5.32 Å². The van der Waals surface area contributed by atoms with Crippen molar-refractivity contribution in [1.82, 2.24) is 5.32 Å². The maximum absolute atomic E-state index is 11.7. The van der Waals surface area contributed by atoms with Crippen LogP contribution in [0.3, 0.4) is 0 Å². The third kappa shape index (κ3) is 6.20. The number of nitrogens with one attached hydrogen (secondary N) is 1. The minimum Gasteiger partial charge on any atom is -0.356 e. The average Bonchev–Trinajstić information content (AvgIpc) is 2.37. The smallest absolute Gasteiger partial charge is 0.224 e. The summed E-state index contributed by atoms with van der Waals surface area (Å²) in [6.07, 6.45) is 2.68. The molecule has 0 saturated carbocycles. The van der Waals surface area contributed by atoms with Gasteiger partial charge in [-0.15, -0.1) is 0 Å². The minimum atomic E-state index is 0.116. The normalized spacial score (nSPS) is 12.2. The number of benzene rings is 1. The van der Waals surface area contributed by atoms with Gasteiger partial charge in [0.1, 0.15) is 0 Å². The van der Waals surface area contributed by atoms with Gasteiger partial charge in [0, 0.05) is 11.9 Å². The van der Waals surface area contributed by atoms with E-state index in [2.05, 4.69) is 35.1 Å². The van der Waals surface area contributed by atoms with Gasteiger partial charge in [0.2, 0.25) is 5.91 Å². The molecule has 0 aromatic heterocycles. The first-order chi connectivity index (χ1) is 8.61. The van der Waals surface area contributed by atoms with Crippen molar-refractivity contribution in [3.05, 3.63) is 35.4 Å². The molecule has 0 bridgehead atoms. The van der Waals surface area contributed by atoms with Crippen molar-refractivity contribution in [3.8, 4) is 0 Å². The maximum atomic E-state index is 11.7. The van der Waals surface area contributed by atoms with Crippen molar-refractivity contribution in [2.75, 3.05) is 11.9 Å². The van der Waals surface area contributed by atoms with Gasteiger partial charge in [0.05, 0.1) is 6.42 Å². The van der Waals surface area contributed by atoms with Crippen LogP contribution in [0.4, 0.5) is 0 Å². The Morgan fingerprint density at radius 1 is 1.33 bits per heavy atom. The highest BCUT2D eigenvalue weighted by Gasteiger charge is 2.03. The molecule has 0 heterocycles. The summed E-state index contributed by atoms with van der Waals surface area (Å²) in [5.41, 5.74) is 2.30. The van der Waals surface area contributed by atoms with Gasteiger partial charge in [-0.25, -0.2) is 0 Å². The highest BCUT2D eigenvalue weighted by Crippen LogP contribution is 2.07. The number of halogens is 1. The van der Waals surface area contributed by atoms with Crippen LogP contribution in [0, 0.1) is 12.8 Å². The summed E-state index contributed by atoms with van der Waals surface area (Å²) < 4.78 is 0. The number of carbonyl (C=O) groups is 1. The zero-order valence-electron chi connectivity index (χ0n) is 11.2. The SMILES string of the molecule is Cc1ccc(CC(=O)NCCCC(C)CBr)cc1. The Balaban J connectivity index is 2.19. The van der Waals surface area contributed by atoms with Crippen molar-refractivity contribution < 1.29 is 4.79 Å². The number of aryl methyl sites for hydroxylation is 1. The Kier molecular flexibility index (Phi) is 7.02. The molecule has 1 amide bonds. The van der Waals surface area contributed by atoms with Gasteiger partial charge in [-0.3, -0.25) is 4.79 Å². The molecule has 0 radical (unpaired) electrons. The second-order valence-corrected chi connectivity index (χ2v) is 5.56. The summed E-state index contributed by atoms with van der Waals surface area (Å²) >= 11 is 3.46. The van der Waals surface area contributed by atoms with Crippen LogP contribution in [0.15, 0.2) is 24.3 Å². The quantitative estimate of drug-likeness (QED) is 0.606. The zero-order chi connectivity index (χ0) is 13.4. The van der Waals surface area contributed by atoms with Crippen LogP contribution < -0.4 is 5.32 Å². The predicted octanol–water partition coefficient (Wildman–Crippen LogP) is 3.46. The second-order valence-electron chi connectivity index (χ2n) is 4.91. The van der Waals surface area contributed by atoms with Crippen LogP contribution in [0.2, 0.25) is 0 Å². The van der Waals surface area contributed by atoms with Gasteiger partial charge in [-0.1, -0.05) is 52.7 Å². The Bertz CT molecular complexity index is 361. The van der Waals surface area contributed by atoms with Gasteiger partial charge >= 0.3 is 0 Å². The van der Waals surface area contributed by atoms with E-state index in [1.54, 1.807) is 0 Å². The number of carbonyl (C=O) groups excluding carboxylic acids is 1. The number of hydrogen-bond acceptors (Lipinski definition) is 1. The molecule has 0 aliphatic carbocycles. The number of hydrogen-bond donors (Lipinski definition) is 1. The van der Waals surface area contributed by atoms with Crippen LogP contribution >= 0.6 is 15.9 Å². The maximum Gasteiger partial charge on any atom is 0.224 e. The standard InChI is InChI=1S/C15H22BrNO/c1-12-5-7-14(8-6-12)10-15(18)17-9-3-4-13(2)11-16/h5-8,13H,3-4,9-11H2,1-2H3,(H,17,18). The first kappa shape index (κ1) is 15.2. The molecule has 1 aromatic rings. The van der Waals surface area contributed by atoms with E-state index in [0.29, 0.717) is 12.3 Å². The fraction of sp³-hybridized carbons (Fsp3) is 0.533. The molecule has 3 heteroatoms. The summed E-state index contributed by atoms with van der Waals surface area (Å²) in [7, 11) is 0. The third-order valence-corrected chi connectivity index (χ3v) is 4.05. The number of amides is 1.